The molecule has 114 valence electrons. The Morgan fingerprint density at radius 1 is 1.43 bits per heavy atom. The van der Waals surface area contributed by atoms with Crippen molar-refractivity contribution in [3.8, 4) is 0 Å². The smallest absolute Gasteiger partial charge is 0.128 e. The molecule has 0 saturated heterocycles. The van der Waals surface area contributed by atoms with Crippen LogP contribution in [0.15, 0.2) is 18.2 Å². The number of nitrogens with zero attached hydrogens (tertiary/aromatic N) is 2. The predicted molar refractivity (Wildman–Crippen MR) is 82.8 cm³/mol. The summed E-state index contributed by atoms with van der Waals surface area (Å²) in [4.78, 5) is 0. The van der Waals surface area contributed by atoms with Crippen molar-refractivity contribution in [1.82, 2.24) is 15.2 Å². The molecule has 0 aliphatic carbocycles. The second-order valence-corrected chi connectivity index (χ2v) is 5.57. The molecule has 21 heavy (non-hydrogen) atoms. The van der Waals surface area contributed by atoms with Crippen molar-refractivity contribution in [3.05, 3.63) is 51.0 Å². The zero-order valence-corrected chi connectivity index (χ0v) is 13.3. The van der Waals surface area contributed by atoms with Gasteiger partial charge in [-0.3, -0.25) is 16.0 Å². The summed E-state index contributed by atoms with van der Waals surface area (Å²) in [6, 6.07) is 3.95. The molecule has 0 amide bonds. The van der Waals surface area contributed by atoms with Crippen LogP contribution in [0.1, 0.15) is 29.9 Å². The molecular weight excluding hydrogens is 314 g/mol. The zero-order valence-electron chi connectivity index (χ0n) is 11.8. The van der Waals surface area contributed by atoms with Gasteiger partial charge in [-0.25, -0.2) is 4.39 Å². The van der Waals surface area contributed by atoms with Gasteiger partial charge in [-0.1, -0.05) is 23.2 Å². The summed E-state index contributed by atoms with van der Waals surface area (Å²) in [5.74, 6) is 5.22. The summed E-state index contributed by atoms with van der Waals surface area (Å²) in [5, 5.41) is 5.39. The van der Waals surface area contributed by atoms with E-state index < -0.39 is 6.04 Å². The summed E-state index contributed by atoms with van der Waals surface area (Å²) in [6.07, 6.45) is 0.418. The fourth-order valence-electron chi connectivity index (χ4n) is 2.30. The molecule has 1 aromatic carbocycles. The third kappa shape index (κ3) is 3.37. The minimum Gasteiger partial charge on any atom is -0.271 e. The van der Waals surface area contributed by atoms with E-state index in [4.69, 9.17) is 29.0 Å². The van der Waals surface area contributed by atoms with Crippen LogP contribution >= 0.6 is 23.2 Å². The minimum absolute atomic E-state index is 0.363. The number of benzene rings is 1. The Balaban J connectivity index is 2.38. The summed E-state index contributed by atoms with van der Waals surface area (Å²) >= 11 is 12.2. The summed E-state index contributed by atoms with van der Waals surface area (Å²) in [7, 11) is 0. The predicted octanol–water partition coefficient (Wildman–Crippen LogP) is 3.40. The van der Waals surface area contributed by atoms with Crippen molar-refractivity contribution in [2.75, 3.05) is 0 Å². The van der Waals surface area contributed by atoms with E-state index in [1.807, 2.05) is 13.8 Å². The van der Waals surface area contributed by atoms with E-state index in [1.54, 1.807) is 10.7 Å². The van der Waals surface area contributed by atoms with E-state index >= 15 is 0 Å². The van der Waals surface area contributed by atoms with Gasteiger partial charge in [-0.05, 0) is 32.0 Å². The lowest BCUT2D eigenvalue weighted by Crippen LogP contribution is -2.31. The van der Waals surface area contributed by atoms with Crippen molar-refractivity contribution in [2.24, 2.45) is 5.84 Å². The topological polar surface area (TPSA) is 55.9 Å². The van der Waals surface area contributed by atoms with Gasteiger partial charge in [-0.2, -0.15) is 5.10 Å². The van der Waals surface area contributed by atoms with Crippen LogP contribution in [0.5, 0.6) is 0 Å². The zero-order chi connectivity index (χ0) is 15.6. The average Bonchev–Trinajstić information content (AvgIpc) is 2.74. The Bertz CT molecular complexity index is 642. The van der Waals surface area contributed by atoms with Crippen LogP contribution in [0, 0.1) is 12.7 Å². The average molecular weight is 331 g/mol. The van der Waals surface area contributed by atoms with Crippen molar-refractivity contribution < 1.29 is 4.39 Å². The molecule has 3 N–H and O–H groups in total. The molecule has 1 unspecified atom stereocenters. The van der Waals surface area contributed by atoms with E-state index in [0.29, 0.717) is 28.6 Å². The first kappa shape index (κ1) is 16.2. The summed E-state index contributed by atoms with van der Waals surface area (Å²) in [5.41, 5.74) is 4.59. The van der Waals surface area contributed by atoms with Gasteiger partial charge in [-0.15, -0.1) is 0 Å². The largest absolute Gasteiger partial charge is 0.271 e. The number of nitrogens with two attached hydrogens (primary N) is 1. The molecule has 0 radical (unpaired) electrons. The maximum absolute atomic E-state index is 14.0. The first-order valence-electron chi connectivity index (χ1n) is 6.60. The highest BCUT2D eigenvalue weighted by molar-refractivity contribution is 6.32. The Labute approximate surface area is 133 Å². The summed E-state index contributed by atoms with van der Waals surface area (Å²) in [6.45, 7) is 4.48. The minimum atomic E-state index is -0.442. The lowest BCUT2D eigenvalue weighted by atomic mass is 10.0. The van der Waals surface area contributed by atoms with Gasteiger partial charge in [0.1, 0.15) is 5.82 Å². The lowest BCUT2D eigenvalue weighted by molar-refractivity contribution is 0.490. The van der Waals surface area contributed by atoms with Gasteiger partial charge in [0.05, 0.1) is 22.5 Å². The molecule has 0 bridgehead atoms. The first-order valence-corrected chi connectivity index (χ1v) is 7.36. The number of halogens is 3. The van der Waals surface area contributed by atoms with Crippen LogP contribution in [0.4, 0.5) is 4.39 Å². The second kappa shape index (κ2) is 6.75. The molecule has 1 atom stereocenters. The molecule has 2 aromatic rings. The Morgan fingerprint density at radius 2 is 2.14 bits per heavy atom. The van der Waals surface area contributed by atoms with Crippen LogP contribution in [0.3, 0.4) is 0 Å². The maximum Gasteiger partial charge on any atom is 0.128 e. The van der Waals surface area contributed by atoms with Crippen LogP contribution in [-0.2, 0) is 13.0 Å². The standard InChI is InChI=1S/C14H17Cl2FN4/c1-3-21-13(14(16)8(2)20-21)7-12(19-18)10-6-9(15)4-5-11(10)17/h4-6,12,19H,3,7,18H2,1-2H3. The third-order valence-corrected chi connectivity index (χ3v) is 4.11. The maximum atomic E-state index is 14.0. The van der Waals surface area contributed by atoms with Crippen LogP contribution < -0.4 is 11.3 Å². The molecule has 1 aromatic heterocycles. The Morgan fingerprint density at radius 3 is 2.76 bits per heavy atom. The molecule has 0 saturated carbocycles. The van der Waals surface area contributed by atoms with Crippen LogP contribution in [-0.4, -0.2) is 9.78 Å². The molecular formula is C14H17Cl2FN4. The molecule has 1 heterocycles. The quantitative estimate of drug-likeness (QED) is 0.652. The van der Waals surface area contributed by atoms with Gasteiger partial charge < -0.3 is 0 Å². The van der Waals surface area contributed by atoms with Gasteiger partial charge in [0.15, 0.2) is 0 Å². The molecule has 4 nitrogen and oxygen atoms in total. The number of nitrogens with one attached hydrogen (secondary N) is 1. The number of aromatic nitrogens is 2. The number of aryl methyl sites for hydroxylation is 2. The van der Waals surface area contributed by atoms with Gasteiger partial charge in [0.2, 0.25) is 0 Å². The molecule has 7 heteroatoms. The molecule has 0 aliphatic heterocycles. The van der Waals surface area contributed by atoms with Crippen molar-refractivity contribution >= 4 is 23.2 Å². The fraction of sp³-hybridized carbons (Fsp3) is 0.357. The van der Waals surface area contributed by atoms with Gasteiger partial charge in [0, 0.05) is 23.6 Å². The van der Waals surface area contributed by atoms with Gasteiger partial charge in [0.25, 0.3) is 0 Å². The Kier molecular flexibility index (Phi) is 5.22. The highest BCUT2D eigenvalue weighted by Gasteiger charge is 2.21. The van der Waals surface area contributed by atoms with Crippen LogP contribution in [0.2, 0.25) is 10.0 Å². The third-order valence-electron chi connectivity index (χ3n) is 3.38. The van der Waals surface area contributed by atoms with E-state index in [9.17, 15) is 4.39 Å². The molecule has 0 spiro atoms. The highest BCUT2D eigenvalue weighted by Crippen LogP contribution is 2.28. The monoisotopic (exact) mass is 330 g/mol. The van der Waals surface area contributed by atoms with Crippen molar-refractivity contribution in [2.45, 2.75) is 32.9 Å². The van der Waals surface area contributed by atoms with E-state index in [0.717, 1.165) is 11.4 Å². The normalized spacial score (nSPS) is 12.7. The fourth-order valence-corrected chi connectivity index (χ4v) is 2.69. The molecule has 0 fully saturated rings. The SMILES string of the molecule is CCn1nc(C)c(Cl)c1CC(NN)c1cc(Cl)ccc1F. The lowest BCUT2D eigenvalue weighted by Gasteiger charge is -2.18. The number of hydrogen-bond donors (Lipinski definition) is 2. The number of hydrogen-bond acceptors (Lipinski definition) is 3. The second-order valence-electron chi connectivity index (χ2n) is 4.75. The van der Waals surface area contributed by atoms with Gasteiger partial charge >= 0.3 is 0 Å². The Hall–Kier alpha value is -1.14. The van der Waals surface area contributed by atoms with Crippen molar-refractivity contribution in [1.29, 1.82) is 0 Å². The van der Waals surface area contributed by atoms with Crippen LogP contribution in [0.25, 0.3) is 0 Å². The van der Waals surface area contributed by atoms with E-state index in [-0.39, 0.29) is 5.82 Å². The highest BCUT2D eigenvalue weighted by atomic mass is 35.5. The van der Waals surface area contributed by atoms with E-state index in [2.05, 4.69) is 10.5 Å². The number of hydrazine groups is 1. The molecule has 2 rings (SSSR count). The molecule has 0 aliphatic rings. The van der Waals surface area contributed by atoms with E-state index in [1.165, 1.54) is 12.1 Å². The van der Waals surface area contributed by atoms with Crippen molar-refractivity contribution in [3.63, 3.8) is 0 Å². The first-order chi connectivity index (χ1) is 9.97. The number of rotatable bonds is 5. The summed E-state index contributed by atoms with van der Waals surface area (Å²) < 4.78 is 15.8.